The van der Waals surface area contributed by atoms with E-state index in [1.54, 1.807) is 0 Å². The maximum Gasteiger partial charge on any atom is 0.327 e. The molecule has 16 heteroatoms. The van der Waals surface area contributed by atoms with Gasteiger partial charge in [-0.15, -0.1) is 0 Å². The number of rotatable bonds is 15. The first-order chi connectivity index (χ1) is 14.3. The lowest BCUT2D eigenvalue weighted by molar-refractivity contribution is -0.158. The second kappa shape index (κ2) is 13.1. The molecule has 0 rings (SSSR count). The molecule has 5 N–H and O–H groups in total. The number of imide groups is 1. The lowest BCUT2D eigenvalue weighted by Crippen LogP contribution is -2.56. The smallest absolute Gasteiger partial charge is 0.327 e. The lowest BCUT2D eigenvalue weighted by atomic mass is 10.2. The molecular formula is C15H21N3O12S. The van der Waals surface area contributed by atoms with Crippen LogP contribution in [-0.2, 0) is 33.6 Å². The molecule has 1 unspecified atom stereocenters. The maximum absolute atomic E-state index is 12.6. The Bertz CT molecular complexity index is 661. The first kappa shape index (κ1) is 27.8. The monoisotopic (exact) mass is 467 g/mol. The Morgan fingerprint density at radius 1 is 0.581 bits per heavy atom. The highest BCUT2D eigenvalue weighted by Crippen LogP contribution is 2.08. The molecule has 0 fully saturated rings. The van der Waals surface area contributed by atoms with E-state index in [1.165, 1.54) is 0 Å². The molecule has 0 bridgehead atoms. The van der Waals surface area contributed by atoms with E-state index in [9.17, 15) is 38.7 Å². The molecule has 0 saturated carbocycles. The summed E-state index contributed by atoms with van der Waals surface area (Å²) in [5, 5.41) is 44.6. The molecular weight excluding hydrogens is 446 g/mol. The Morgan fingerprint density at radius 3 is 1.06 bits per heavy atom. The van der Waals surface area contributed by atoms with E-state index in [0.717, 1.165) is 0 Å². The van der Waals surface area contributed by atoms with Gasteiger partial charge in [0.25, 0.3) is 0 Å². The third-order valence-corrected chi connectivity index (χ3v) is 3.81. The predicted octanol–water partition coefficient (Wildman–Crippen LogP) is -3.33. The number of amides is 2. The van der Waals surface area contributed by atoms with Gasteiger partial charge in [-0.25, -0.2) is 4.79 Å². The number of carbonyl (C=O) groups excluding carboxylic acids is 2. The summed E-state index contributed by atoms with van der Waals surface area (Å²) in [7, 11) is 0. The van der Waals surface area contributed by atoms with E-state index in [0.29, 0.717) is 9.80 Å². The molecule has 0 aromatic rings. The van der Waals surface area contributed by atoms with Crippen molar-refractivity contribution < 1.29 is 59.1 Å². The third kappa shape index (κ3) is 10.9. The largest absolute Gasteiger partial charge is 0.480 e. The molecule has 0 saturated heterocycles. The fourth-order valence-electron chi connectivity index (χ4n) is 2.39. The van der Waals surface area contributed by atoms with Crippen molar-refractivity contribution in [2.75, 3.05) is 45.0 Å². The number of thiol groups is 1. The van der Waals surface area contributed by atoms with Crippen molar-refractivity contribution in [2.24, 2.45) is 0 Å². The van der Waals surface area contributed by atoms with E-state index in [4.69, 9.17) is 20.4 Å². The zero-order chi connectivity index (χ0) is 24.3. The quantitative estimate of drug-likeness (QED) is 0.129. The van der Waals surface area contributed by atoms with Crippen LogP contribution in [0.4, 0.5) is 0 Å². The maximum atomic E-state index is 12.6. The zero-order valence-electron chi connectivity index (χ0n) is 15.9. The van der Waals surface area contributed by atoms with Crippen molar-refractivity contribution >= 4 is 54.3 Å². The summed E-state index contributed by atoms with van der Waals surface area (Å²) in [6, 6.07) is -1.86. The number of carboxylic acids is 5. The van der Waals surface area contributed by atoms with Gasteiger partial charge in [0.2, 0.25) is 11.8 Å². The van der Waals surface area contributed by atoms with Crippen molar-refractivity contribution in [3.8, 4) is 0 Å². The molecule has 0 radical (unpaired) electrons. The summed E-state index contributed by atoms with van der Waals surface area (Å²) in [5.74, 6) is -10.8. The van der Waals surface area contributed by atoms with Crippen LogP contribution in [-0.4, -0.2) is 133 Å². The summed E-state index contributed by atoms with van der Waals surface area (Å²) in [4.78, 5) is 81.6. The van der Waals surface area contributed by atoms with E-state index >= 15 is 0 Å². The molecule has 0 aromatic carbocycles. The van der Waals surface area contributed by atoms with Crippen LogP contribution in [0, 0.1) is 0 Å². The normalized spacial score (nSPS) is 11.7. The molecule has 2 amide bonds. The number of aliphatic carboxylic acids is 5. The minimum atomic E-state index is -1.86. The van der Waals surface area contributed by atoms with Crippen molar-refractivity contribution in [1.29, 1.82) is 0 Å². The summed E-state index contributed by atoms with van der Waals surface area (Å²) >= 11 is 3.76. The molecule has 174 valence electrons. The standard InChI is InChI=1S/C15H21N3O12S/c19-9(1-16(3-11(21)22)4-12(23)24)18(8(7-31)15(29)30)10(20)2-17(5-13(25)26)6-14(27)28/h8,31H,1-7H2,(H,21,22)(H,23,24)(H,25,26)(H,27,28)(H,29,30). The van der Waals surface area contributed by atoms with Crippen molar-refractivity contribution in [3.63, 3.8) is 0 Å². The molecule has 0 aromatic heterocycles. The van der Waals surface area contributed by atoms with Crippen LogP contribution >= 0.6 is 12.6 Å². The van der Waals surface area contributed by atoms with Crippen LogP contribution in [0.3, 0.4) is 0 Å². The molecule has 1 atom stereocenters. The number of hydrogen-bond donors (Lipinski definition) is 6. The average molecular weight is 467 g/mol. The fraction of sp³-hybridized carbons (Fsp3) is 0.533. The van der Waals surface area contributed by atoms with Gasteiger partial charge in [-0.2, -0.15) is 12.6 Å². The second-order valence-electron chi connectivity index (χ2n) is 6.06. The fourth-order valence-corrected chi connectivity index (χ4v) is 2.71. The number of carbonyl (C=O) groups is 7. The number of hydrogen-bond acceptors (Lipinski definition) is 10. The van der Waals surface area contributed by atoms with Gasteiger partial charge in [0.15, 0.2) is 0 Å². The molecule has 0 aliphatic rings. The van der Waals surface area contributed by atoms with Crippen LogP contribution in [0.5, 0.6) is 0 Å². The van der Waals surface area contributed by atoms with Crippen LogP contribution in [0.1, 0.15) is 0 Å². The van der Waals surface area contributed by atoms with E-state index in [-0.39, 0.29) is 4.90 Å². The van der Waals surface area contributed by atoms with E-state index < -0.39 is 92.7 Å². The van der Waals surface area contributed by atoms with Gasteiger partial charge >= 0.3 is 29.8 Å². The number of nitrogens with zero attached hydrogens (tertiary/aromatic N) is 3. The summed E-state index contributed by atoms with van der Waals surface area (Å²) in [5.41, 5.74) is 0. The minimum absolute atomic E-state index is 0.169. The summed E-state index contributed by atoms with van der Waals surface area (Å²) < 4.78 is 0. The molecule has 0 heterocycles. The Hall–Kier alpha value is -3.24. The van der Waals surface area contributed by atoms with Gasteiger partial charge in [-0.1, -0.05) is 0 Å². The van der Waals surface area contributed by atoms with Gasteiger partial charge < -0.3 is 25.5 Å². The Kier molecular flexibility index (Phi) is 11.8. The van der Waals surface area contributed by atoms with E-state index in [2.05, 4.69) is 12.6 Å². The summed E-state index contributed by atoms with van der Waals surface area (Å²) in [6.07, 6.45) is 0. The van der Waals surface area contributed by atoms with Gasteiger partial charge in [-0.05, 0) is 0 Å². The van der Waals surface area contributed by atoms with Crippen LogP contribution in [0.2, 0.25) is 0 Å². The topological polar surface area (TPSA) is 230 Å². The predicted molar refractivity (Wildman–Crippen MR) is 101 cm³/mol. The summed E-state index contributed by atoms with van der Waals surface area (Å²) in [6.45, 7) is -5.60. The Balaban J connectivity index is 5.82. The van der Waals surface area contributed by atoms with Crippen LogP contribution < -0.4 is 0 Å². The van der Waals surface area contributed by atoms with Gasteiger partial charge in [0.1, 0.15) is 6.04 Å². The first-order valence-electron chi connectivity index (χ1n) is 8.28. The first-order valence-corrected chi connectivity index (χ1v) is 8.92. The molecule has 15 nitrogen and oxygen atoms in total. The van der Waals surface area contributed by atoms with E-state index in [1.807, 2.05) is 0 Å². The zero-order valence-corrected chi connectivity index (χ0v) is 16.8. The number of carboxylic acid groups (broad SMARTS) is 5. The minimum Gasteiger partial charge on any atom is -0.480 e. The molecule has 0 spiro atoms. The highest BCUT2D eigenvalue weighted by atomic mass is 32.1. The third-order valence-electron chi connectivity index (χ3n) is 3.46. The molecule has 31 heavy (non-hydrogen) atoms. The van der Waals surface area contributed by atoms with Gasteiger partial charge in [0, 0.05) is 5.75 Å². The lowest BCUT2D eigenvalue weighted by Gasteiger charge is -2.30. The van der Waals surface area contributed by atoms with Gasteiger partial charge in [0.05, 0.1) is 39.3 Å². The SMILES string of the molecule is O=C(O)CN(CC(=O)O)CC(=O)N(C(=O)CN(CC(=O)O)CC(=O)O)C(CS)C(=O)O. The Labute approximate surface area is 179 Å². The van der Waals surface area contributed by atoms with Crippen LogP contribution in [0.25, 0.3) is 0 Å². The van der Waals surface area contributed by atoms with Crippen LogP contribution in [0.15, 0.2) is 0 Å². The average Bonchev–Trinajstić information content (AvgIpc) is 2.56. The highest BCUT2D eigenvalue weighted by Gasteiger charge is 2.36. The Morgan fingerprint density at radius 2 is 0.871 bits per heavy atom. The highest BCUT2D eigenvalue weighted by molar-refractivity contribution is 7.80. The van der Waals surface area contributed by atoms with Crippen molar-refractivity contribution in [1.82, 2.24) is 14.7 Å². The molecule has 0 aliphatic heterocycles. The second-order valence-corrected chi connectivity index (χ2v) is 6.42. The van der Waals surface area contributed by atoms with Crippen molar-refractivity contribution in [2.45, 2.75) is 6.04 Å². The van der Waals surface area contributed by atoms with Gasteiger partial charge in [-0.3, -0.25) is 43.5 Å². The van der Waals surface area contributed by atoms with Crippen molar-refractivity contribution in [3.05, 3.63) is 0 Å². The molecule has 0 aliphatic carbocycles.